The third-order valence-corrected chi connectivity index (χ3v) is 3.44. The molecule has 1 aliphatic heterocycles. The monoisotopic (exact) mass is 227 g/mol. The van der Waals surface area contributed by atoms with Crippen LogP contribution in [0, 0.1) is 10.1 Å². The van der Waals surface area contributed by atoms with Crippen molar-refractivity contribution in [1.29, 1.82) is 0 Å². The number of nitrogens with one attached hydrogen (secondary N) is 1. The van der Waals surface area contributed by atoms with Crippen LogP contribution in [-0.2, 0) is 6.54 Å². The van der Waals surface area contributed by atoms with E-state index < -0.39 is 0 Å². The first-order chi connectivity index (χ1) is 7.25. The number of hydrogen-bond acceptors (Lipinski definition) is 5. The third-order valence-electron chi connectivity index (χ3n) is 2.42. The standard InChI is InChI=1S/C9H13N3O2S/c13-12(14)9-2-1-8(15-9)7-11-5-3-10-4-6-11/h1-2,10H,3-7H2. The van der Waals surface area contributed by atoms with E-state index in [1.54, 1.807) is 6.07 Å². The maximum Gasteiger partial charge on any atom is 0.324 e. The number of nitrogens with zero attached hydrogens (tertiary/aromatic N) is 2. The molecule has 0 unspecified atom stereocenters. The van der Waals surface area contributed by atoms with Crippen molar-refractivity contribution in [2.24, 2.45) is 0 Å². The topological polar surface area (TPSA) is 58.4 Å². The van der Waals surface area contributed by atoms with E-state index in [9.17, 15) is 10.1 Å². The van der Waals surface area contributed by atoms with Gasteiger partial charge in [0.05, 0.1) is 4.92 Å². The van der Waals surface area contributed by atoms with E-state index in [4.69, 9.17) is 0 Å². The molecule has 0 saturated carbocycles. The average Bonchev–Trinajstić information content (AvgIpc) is 2.68. The van der Waals surface area contributed by atoms with Gasteiger partial charge in [0.1, 0.15) is 0 Å². The minimum atomic E-state index is -0.327. The Morgan fingerprint density at radius 3 is 2.80 bits per heavy atom. The Morgan fingerprint density at radius 1 is 1.47 bits per heavy atom. The molecule has 0 amide bonds. The molecule has 1 saturated heterocycles. The van der Waals surface area contributed by atoms with E-state index in [1.165, 1.54) is 11.3 Å². The van der Waals surface area contributed by atoms with Gasteiger partial charge < -0.3 is 5.32 Å². The van der Waals surface area contributed by atoms with E-state index >= 15 is 0 Å². The summed E-state index contributed by atoms with van der Waals surface area (Å²) in [4.78, 5) is 13.6. The summed E-state index contributed by atoms with van der Waals surface area (Å²) >= 11 is 1.27. The fourth-order valence-corrected chi connectivity index (χ4v) is 2.50. The van der Waals surface area contributed by atoms with Crippen LogP contribution in [0.1, 0.15) is 4.88 Å². The molecule has 2 rings (SSSR count). The molecule has 82 valence electrons. The third kappa shape index (κ3) is 2.74. The molecule has 1 aromatic rings. The summed E-state index contributed by atoms with van der Waals surface area (Å²) in [5.41, 5.74) is 0. The molecule has 0 aliphatic carbocycles. The highest BCUT2D eigenvalue weighted by molar-refractivity contribution is 7.15. The minimum Gasteiger partial charge on any atom is -0.314 e. The summed E-state index contributed by atoms with van der Waals surface area (Å²) in [7, 11) is 0. The molecule has 0 spiro atoms. The molecule has 1 N–H and O–H groups in total. The van der Waals surface area contributed by atoms with Gasteiger partial charge in [-0.05, 0) is 6.07 Å². The second-order valence-corrected chi connectivity index (χ2v) is 4.67. The van der Waals surface area contributed by atoms with Gasteiger partial charge in [0, 0.05) is 43.7 Å². The molecule has 1 fully saturated rings. The van der Waals surface area contributed by atoms with Gasteiger partial charge in [-0.15, -0.1) is 0 Å². The Balaban J connectivity index is 1.94. The first-order valence-electron chi connectivity index (χ1n) is 4.92. The summed E-state index contributed by atoms with van der Waals surface area (Å²) < 4.78 is 0. The van der Waals surface area contributed by atoms with E-state index in [1.807, 2.05) is 6.07 Å². The summed E-state index contributed by atoms with van der Waals surface area (Å²) in [6.07, 6.45) is 0. The highest BCUT2D eigenvalue weighted by Gasteiger charge is 2.14. The fraction of sp³-hybridized carbons (Fsp3) is 0.556. The van der Waals surface area contributed by atoms with Gasteiger partial charge in [-0.3, -0.25) is 15.0 Å². The number of hydrogen-bond donors (Lipinski definition) is 1. The number of thiophene rings is 1. The SMILES string of the molecule is O=[N+]([O-])c1ccc(CN2CCNCC2)s1. The van der Waals surface area contributed by atoms with Gasteiger partial charge >= 0.3 is 5.00 Å². The van der Waals surface area contributed by atoms with Crippen molar-refractivity contribution < 1.29 is 4.92 Å². The van der Waals surface area contributed by atoms with Crippen LogP contribution < -0.4 is 5.32 Å². The van der Waals surface area contributed by atoms with Crippen LogP contribution in [0.25, 0.3) is 0 Å². The molecule has 5 nitrogen and oxygen atoms in total. The van der Waals surface area contributed by atoms with Crippen molar-refractivity contribution in [3.8, 4) is 0 Å². The lowest BCUT2D eigenvalue weighted by atomic mass is 10.3. The highest BCUT2D eigenvalue weighted by Crippen LogP contribution is 2.24. The molecular formula is C9H13N3O2S. The molecule has 1 aliphatic rings. The van der Waals surface area contributed by atoms with Crippen molar-refractivity contribution in [3.05, 3.63) is 27.1 Å². The summed E-state index contributed by atoms with van der Waals surface area (Å²) in [6.45, 7) is 4.89. The van der Waals surface area contributed by atoms with Crippen molar-refractivity contribution >= 4 is 16.3 Å². The van der Waals surface area contributed by atoms with Gasteiger partial charge in [0.15, 0.2) is 0 Å². The van der Waals surface area contributed by atoms with Crippen molar-refractivity contribution in [2.75, 3.05) is 26.2 Å². The molecular weight excluding hydrogens is 214 g/mol. The van der Waals surface area contributed by atoms with Crippen molar-refractivity contribution in [2.45, 2.75) is 6.54 Å². The summed E-state index contributed by atoms with van der Waals surface area (Å²) in [6, 6.07) is 3.44. The average molecular weight is 227 g/mol. The highest BCUT2D eigenvalue weighted by atomic mass is 32.1. The van der Waals surface area contributed by atoms with E-state index in [-0.39, 0.29) is 9.92 Å². The Hall–Kier alpha value is -0.980. The van der Waals surface area contributed by atoms with Gasteiger partial charge in [-0.2, -0.15) is 0 Å². The van der Waals surface area contributed by atoms with Crippen LogP contribution in [-0.4, -0.2) is 36.0 Å². The maximum absolute atomic E-state index is 10.5. The summed E-state index contributed by atoms with van der Waals surface area (Å²) in [5.74, 6) is 0. The minimum absolute atomic E-state index is 0.236. The first kappa shape index (κ1) is 10.5. The van der Waals surface area contributed by atoms with Gasteiger partial charge in [-0.25, -0.2) is 0 Å². The van der Waals surface area contributed by atoms with Gasteiger partial charge in [0.25, 0.3) is 0 Å². The molecule has 0 aromatic carbocycles. The second kappa shape index (κ2) is 4.69. The van der Waals surface area contributed by atoms with Crippen LogP contribution in [0.15, 0.2) is 12.1 Å². The van der Waals surface area contributed by atoms with E-state index in [0.717, 1.165) is 37.6 Å². The second-order valence-electron chi connectivity index (χ2n) is 3.52. The first-order valence-corrected chi connectivity index (χ1v) is 5.73. The van der Waals surface area contributed by atoms with Crippen LogP contribution in [0.4, 0.5) is 5.00 Å². The zero-order chi connectivity index (χ0) is 10.7. The predicted molar refractivity (Wildman–Crippen MR) is 59.1 cm³/mol. The predicted octanol–water partition coefficient (Wildman–Crippen LogP) is 1.06. The number of nitro groups is 1. The Labute approximate surface area is 91.9 Å². The molecule has 0 radical (unpaired) electrons. The molecule has 2 heterocycles. The van der Waals surface area contributed by atoms with Crippen LogP contribution >= 0.6 is 11.3 Å². The van der Waals surface area contributed by atoms with Crippen LogP contribution in [0.2, 0.25) is 0 Å². The van der Waals surface area contributed by atoms with Gasteiger partial charge in [-0.1, -0.05) is 11.3 Å². The lowest BCUT2D eigenvalue weighted by molar-refractivity contribution is -0.380. The Morgan fingerprint density at radius 2 is 2.20 bits per heavy atom. The zero-order valence-electron chi connectivity index (χ0n) is 8.31. The van der Waals surface area contributed by atoms with Crippen LogP contribution in [0.5, 0.6) is 0 Å². The van der Waals surface area contributed by atoms with E-state index in [0.29, 0.717) is 0 Å². The normalized spacial score (nSPS) is 17.9. The number of rotatable bonds is 3. The van der Waals surface area contributed by atoms with Crippen LogP contribution in [0.3, 0.4) is 0 Å². The quantitative estimate of drug-likeness (QED) is 0.619. The molecule has 1 aromatic heterocycles. The maximum atomic E-state index is 10.5. The van der Waals surface area contributed by atoms with Crippen molar-refractivity contribution in [1.82, 2.24) is 10.2 Å². The molecule has 15 heavy (non-hydrogen) atoms. The smallest absolute Gasteiger partial charge is 0.314 e. The summed E-state index contributed by atoms with van der Waals surface area (Å²) in [5, 5.41) is 14.0. The van der Waals surface area contributed by atoms with Gasteiger partial charge in [0.2, 0.25) is 0 Å². The molecule has 0 bridgehead atoms. The molecule has 6 heteroatoms. The Bertz CT molecular complexity index is 347. The number of piperazine rings is 1. The lowest BCUT2D eigenvalue weighted by Crippen LogP contribution is -2.42. The molecule has 0 atom stereocenters. The van der Waals surface area contributed by atoms with Crippen molar-refractivity contribution in [3.63, 3.8) is 0 Å². The lowest BCUT2D eigenvalue weighted by Gasteiger charge is -2.26. The zero-order valence-corrected chi connectivity index (χ0v) is 9.13. The van der Waals surface area contributed by atoms with E-state index in [2.05, 4.69) is 10.2 Å². The largest absolute Gasteiger partial charge is 0.324 e. The Kier molecular flexibility index (Phi) is 3.30. The fourth-order valence-electron chi connectivity index (χ4n) is 1.64.